The van der Waals surface area contributed by atoms with Gasteiger partial charge in [-0.3, -0.25) is 0 Å². The zero-order valence-corrected chi connectivity index (χ0v) is 8.42. The van der Waals surface area contributed by atoms with Crippen LogP contribution in [0.4, 0.5) is 0 Å². The third-order valence-corrected chi connectivity index (χ3v) is 3.95. The highest BCUT2D eigenvalue weighted by Gasteiger charge is 2.35. The smallest absolute Gasteiger partial charge is 0.197 e. The molecule has 13 heavy (non-hydrogen) atoms. The number of nitrogens with zero attached hydrogens (tertiary/aromatic N) is 3. The molecule has 1 aliphatic rings. The lowest BCUT2D eigenvalue weighted by atomic mass is 10.5. The SMILES string of the molecule is CCCN1CCN(CC#N)S1(=O)=O. The van der Waals surface area contributed by atoms with Crippen molar-refractivity contribution in [1.29, 1.82) is 5.26 Å². The lowest BCUT2D eigenvalue weighted by molar-refractivity contribution is 0.447. The average molecular weight is 203 g/mol. The zero-order valence-electron chi connectivity index (χ0n) is 7.60. The van der Waals surface area contributed by atoms with Crippen LogP contribution in [0.25, 0.3) is 0 Å². The van der Waals surface area contributed by atoms with Crippen LogP contribution >= 0.6 is 0 Å². The van der Waals surface area contributed by atoms with Gasteiger partial charge in [0.2, 0.25) is 0 Å². The van der Waals surface area contributed by atoms with E-state index < -0.39 is 10.2 Å². The van der Waals surface area contributed by atoms with Crippen LogP contribution in [0.5, 0.6) is 0 Å². The maximum Gasteiger partial charge on any atom is 0.283 e. The van der Waals surface area contributed by atoms with Gasteiger partial charge in [0.05, 0.1) is 6.07 Å². The second-order valence-electron chi connectivity index (χ2n) is 2.90. The number of nitriles is 1. The highest BCUT2D eigenvalue weighted by molar-refractivity contribution is 7.87. The summed E-state index contributed by atoms with van der Waals surface area (Å²) in [5, 5.41) is 8.40. The van der Waals surface area contributed by atoms with Gasteiger partial charge in [-0.1, -0.05) is 6.92 Å². The Balaban J connectivity index is 2.73. The Labute approximate surface area is 78.7 Å². The minimum Gasteiger partial charge on any atom is -0.197 e. The van der Waals surface area contributed by atoms with Gasteiger partial charge in [0.25, 0.3) is 10.2 Å². The first-order valence-corrected chi connectivity index (χ1v) is 5.64. The normalized spacial score (nSPS) is 23.1. The molecule has 0 N–H and O–H groups in total. The van der Waals surface area contributed by atoms with E-state index in [2.05, 4.69) is 0 Å². The Morgan fingerprint density at radius 2 is 2.00 bits per heavy atom. The summed E-state index contributed by atoms with van der Waals surface area (Å²) in [5.74, 6) is 0. The summed E-state index contributed by atoms with van der Waals surface area (Å²) in [6.07, 6.45) is 0.805. The van der Waals surface area contributed by atoms with Crippen LogP contribution in [0.3, 0.4) is 0 Å². The number of hydrogen-bond acceptors (Lipinski definition) is 3. The molecule has 0 radical (unpaired) electrons. The molecule has 1 saturated heterocycles. The minimum absolute atomic E-state index is 0.0391. The highest BCUT2D eigenvalue weighted by Crippen LogP contribution is 2.15. The number of rotatable bonds is 3. The largest absolute Gasteiger partial charge is 0.283 e. The summed E-state index contributed by atoms with van der Waals surface area (Å²) in [6.45, 7) is 3.39. The van der Waals surface area contributed by atoms with Crippen molar-refractivity contribution in [1.82, 2.24) is 8.61 Å². The molecule has 1 rings (SSSR count). The first-order chi connectivity index (χ1) is 6.12. The third-order valence-electron chi connectivity index (χ3n) is 1.97. The van der Waals surface area contributed by atoms with Crippen LogP contribution in [-0.2, 0) is 10.2 Å². The van der Waals surface area contributed by atoms with E-state index in [9.17, 15) is 8.42 Å². The van der Waals surface area contributed by atoms with E-state index in [4.69, 9.17) is 5.26 Å². The molecule has 0 amide bonds. The third kappa shape index (κ3) is 1.99. The van der Waals surface area contributed by atoms with Crippen LogP contribution in [-0.4, -0.2) is 43.2 Å². The lowest BCUT2D eigenvalue weighted by Gasteiger charge is -2.15. The van der Waals surface area contributed by atoms with Gasteiger partial charge >= 0.3 is 0 Å². The van der Waals surface area contributed by atoms with Gasteiger partial charge in [-0.25, -0.2) is 0 Å². The fourth-order valence-electron chi connectivity index (χ4n) is 1.33. The summed E-state index contributed by atoms with van der Waals surface area (Å²) in [6, 6.07) is 1.85. The standard InChI is InChI=1S/C7H13N3O2S/c1-2-4-9-6-7-10(5-3-8)13(9,11)12/h2,4-7H2,1H3. The minimum atomic E-state index is -3.31. The van der Waals surface area contributed by atoms with Crippen molar-refractivity contribution in [2.45, 2.75) is 13.3 Å². The predicted octanol–water partition coefficient (Wildman–Crippen LogP) is -0.218. The van der Waals surface area contributed by atoms with Gasteiger partial charge in [-0.2, -0.15) is 22.3 Å². The molecule has 1 heterocycles. The van der Waals surface area contributed by atoms with E-state index in [1.807, 2.05) is 13.0 Å². The molecule has 1 fully saturated rings. The van der Waals surface area contributed by atoms with Gasteiger partial charge < -0.3 is 0 Å². The van der Waals surface area contributed by atoms with Crippen LogP contribution in [0.15, 0.2) is 0 Å². The van der Waals surface area contributed by atoms with E-state index in [1.54, 1.807) is 0 Å². The van der Waals surface area contributed by atoms with Crippen molar-refractivity contribution in [3.63, 3.8) is 0 Å². The molecule has 0 aromatic carbocycles. The van der Waals surface area contributed by atoms with Gasteiger partial charge in [0.15, 0.2) is 0 Å². The van der Waals surface area contributed by atoms with E-state index in [-0.39, 0.29) is 6.54 Å². The van der Waals surface area contributed by atoms with Crippen molar-refractivity contribution >= 4 is 10.2 Å². The van der Waals surface area contributed by atoms with Gasteiger partial charge in [-0.15, -0.1) is 0 Å². The maximum atomic E-state index is 11.6. The Morgan fingerprint density at radius 3 is 2.54 bits per heavy atom. The van der Waals surface area contributed by atoms with Crippen LogP contribution in [0, 0.1) is 11.3 Å². The molecule has 0 saturated carbocycles. The monoisotopic (exact) mass is 203 g/mol. The van der Waals surface area contributed by atoms with Crippen LogP contribution in [0.2, 0.25) is 0 Å². The van der Waals surface area contributed by atoms with E-state index >= 15 is 0 Å². The van der Waals surface area contributed by atoms with Crippen LogP contribution < -0.4 is 0 Å². The first-order valence-electron chi connectivity index (χ1n) is 4.25. The molecule has 5 nitrogen and oxygen atoms in total. The Kier molecular flexibility index (Phi) is 3.25. The molecule has 0 aliphatic carbocycles. The lowest BCUT2D eigenvalue weighted by Crippen LogP contribution is -2.33. The van der Waals surface area contributed by atoms with E-state index in [1.165, 1.54) is 8.61 Å². The fraction of sp³-hybridized carbons (Fsp3) is 0.857. The van der Waals surface area contributed by atoms with Crippen LogP contribution in [0.1, 0.15) is 13.3 Å². The van der Waals surface area contributed by atoms with Crippen molar-refractivity contribution in [2.24, 2.45) is 0 Å². The topological polar surface area (TPSA) is 64.4 Å². The second kappa shape index (κ2) is 4.05. The molecule has 0 atom stereocenters. The molecular formula is C7H13N3O2S. The Morgan fingerprint density at radius 1 is 1.38 bits per heavy atom. The summed E-state index contributed by atoms with van der Waals surface area (Å²) < 4.78 is 25.8. The van der Waals surface area contributed by atoms with Crippen molar-refractivity contribution < 1.29 is 8.42 Å². The molecule has 0 bridgehead atoms. The van der Waals surface area contributed by atoms with Crippen molar-refractivity contribution in [3.05, 3.63) is 0 Å². The quantitative estimate of drug-likeness (QED) is 0.596. The zero-order chi connectivity index (χ0) is 9.90. The second-order valence-corrected chi connectivity index (χ2v) is 4.83. The molecule has 0 aromatic rings. The summed E-state index contributed by atoms with van der Waals surface area (Å²) >= 11 is 0. The molecule has 74 valence electrons. The Hall–Kier alpha value is -0.640. The predicted molar refractivity (Wildman–Crippen MR) is 48.0 cm³/mol. The molecule has 0 unspecified atom stereocenters. The molecule has 0 aromatic heterocycles. The highest BCUT2D eigenvalue weighted by atomic mass is 32.2. The first kappa shape index (κ1) is 10.4. The molecule has 6 heteroatoms. The van der Waals surface area contributed by atoms with Gasteiger partial charge in [0.1, 0.15) is 6.54 Å². The molecule has 0 spiro atoms. The van der Waals surface area contributed by atoms with E-state index in [0.717, 1.165) is 6.42 Å². The molecular weight excluding hydrogens is 190 g/mol. The van der Waals surface area contributed by atoms with Crippen molar-refractivity contribution in [2.75, 3.05) is 26.2 Å². The molecule has 1 aliphatic heterocycles. The van der Waals surface area contributed by atoms with Gasteiger partial charge in [0, 0.05) is 19.6 Å². The summed E-state index contributed by atoms with van der Waals surface area (Å²) in [4.78, 5) is 0. The maximum absolute atomic E-state index is 11.6. The fourth-order valence-corrected chi connectivity index (χ4v) is 2.92. The average Bonchev–Trinajstić information content (AvgIpc) is 2.33. The summed E-state index contributed by atoms with van der Waals surface area (Å²) in [5.41, 5.74) is 0. The summed E-state index contributed by atoms with van der Waals surface area (Å²) in [7, 11) is -3.31. The Bertz CT molecular complexity index is 306. The van der Waals surface area contributed by atoms with E-state index in [0.29, 0.717) is 19.6 Å². The number of hydrogen-bond donors (Lipinski definition) is 0. The van der Waals surface area contributed by atoms with Crippen molar-refractivity contribution in [3.8, 4) is 6.07 Å². The van der Waals surface area contributed by atoms with Gasteiger partial charge in [-0.05, 0) is 6.42 Å².